The minimum atomic E-state index is -0.989. The van der Waals surface area contributed by atoms with Gasteiger partial charge < -0.3 is 15.0 Å². The molecule has 2 aromatic carbocycles. The average Bonchev–Trinajstić information content (AvgIpc) is 3.51. The Hall–Kier alpha value is -3.14. The minimum absolute atomic E-state index is 0.542. The Morgan fingerprint density at radius 2 is 2.06 bits per heavy atom. The summed E-state index contributed by atoms with van der Waals surface area (Å²) in [5.41, 5.74) is 5.09. The largest absolute Gasteiger partial charge is 0.491 e. The molecule has 5 nitrogen and oxygen atoms in total. The molecule has 1 unspecified atom stereocenters. The number of H-pyrrole nitrogens is 1. The molecule has 1 aliphatic rings. The van der Waals surface area contributed by atoms with Gasteiger partial charge in [-0.05, 0) is 66.9 Å². The number of aromatic nitrogens is 2. The van der Waals surface area contributed by atoms with E-state index in [-0.39, 0.29) is 0 Å². The van der Waals surface area contributed by atoms with E-state index in [0.717, 1.165) is 68.8 Å². The molecule has 1 fully saturated rings. The lowest BCUT2D eigenvalue weighted by molar-refractivity contribution is 0.262. The molecular formula is C27H29N3O2S. The smallest absolute Gasteiger partial charge is 0.143 e. The van der Waals surface area contributed by atoms with Gasteiger partial charge in [0.05, 0.1) is 22.9 Å². The van der Waals surface area contributed by atoms with Gasteiger partial charge in [0, 0.05) is 40.1 Å². The molecule has 0 spiro atoms. The summed E-state index contributed by atoms with van der Waals surface area (Å²) < 4.78 is 18.7. The van der Waals surface area contributed by atoms with Crippen LogP contribution in [0.15, 0.2) is 53.6 Å². The average molecular weight is 460 g/mol. The number of terminal acetylenes is 1. The summed E-state index contributed by atoms with van der Waals surface area (Å²) >= 11 is 0. The number of benzene rings is 2. The summed E-state index contributed by atoms with van der Waals surface area (Å²) in [6.45, 7) is 6.78. The maximum Gasteiger partial charge on any atom is 0.143 e. The summed E-state index contributed by atoms with van der Waals surface area (Å²) in [6, 6.07) is 14.4. The summed E-state index contributed by atoms with van der Waals surface area (Å²) in [4.78, 5) is 8.97. The number of hydrogen-bond acceptors (Lipinski definition) is 4. The summed E-state index contributed by atoms with van der Waals surface area (Å²) in [5, 5.41) is 5.59. The van der Waals surface area contributed by atoms with E-state index < -0.39 is 10.8 Å². The predicted molar refractivity (Wildman–Crippen MR) is 137 cm³/mol. The maximum atomic E-state index is 12.4. The number of hydrogen-bond donors (Lipinski definition) is 2. The van der Waals surface area contributed by atoms with Crippen LogP contribution in [0.25, 0.3) is 33.1 Å². The predicted octanol–water partition coefficient (Wildman–Crippen LogP) is 5.06. The highest BCUT2D eigenvalue weighted by Crippen LogP contribution is 2.39. The van der Waals surface area contributed by atoms with Crippen molar-refractivity contribution in [1.82, 2.24) is 15.3 Å². The molecule has 2 aromatic heterocycles. The fraction of sp³-hybridized carbons (Fsp3) is 0.296. The molecule has 6 heteroatoms. The van der Waals surface area contributed by atoms with Crippen molar-refractivity contribution in [2.45, 2.75) is 25.2 Å². The van der Waals surface area contributed by atoms with Crippen molar-refractivity contribution in [2.75, 3.05) is 25.4 Å². The highest BCUT2D eigenvalue weighted by atomic mass is 32.2. The van der Waals surface area contributed by atoms with Crippen molar-refractivity contribution >= 4 is 32.7 Å². The third-order valence-corrected chi connectivity index (χ3v) is 7.32. The first-order valence-electron chi connectivity index (χ1n) is 11.2. The van der Waals surface area contributed by atoms with Crippen LogP contribution in [-0.4, -0.2) is 39.6 Å². The monoisotopic (exact) mass is 459 g/mol. The second kappa shape index (κ2) is 10.2. The molecule has 0 saturated carbocycles. The normalized spacial score (nSPS) is 16.4. The summed E-state index contributed by atoms with van der Waals surface area (Å²) in [6.07, 6.45) is 11.0. The molecule has 0 amide bonds. The van der Waals surface area contributed by atoms with Crippen molar-refractivity contribution in [3.05, 3.63) is 54.2 Å². The van der Waals surface area contributed by atoms with Gasteiger partial charge in [-0.3, -0.25) is 4.21 Å². The van der Waals surface area contributed by atoms with Gasteiger partial charge in [0.15, 0.2) is 0 Å². The minimum Gasteiger partial charge on any atom is -0.491 e. The summed E-state index contributed by atoms with van der Waals surface area (Å²) in [5.74, 6) is 2.01. The molecule has 0 aliphatic carbocycles. The zero-order chi connectivity index (χ0) is 23.4. The molecule has 0 bridgehead atoms. The van der Waals surface area contributed by atoms with Crippen LogP contribution in [0.1, 0.15) is 18.9 Å². The van der Waals surface area contributed by atoms with Gasteiger partial charge in [0.25, 0.3) is 0 Å². The molecule has 170 valence electrons. The Morgan fingerprint density at radius 3 is 2.82 bits per heavy atom. The highest BCUT2D eigenvalue weighted by Gasteiger charge is 2.19. The van der Waals surface area contributed by atoms with Crippen LogP contribution in [0.4, 0.5) is 0 Å². The first kappa shape index (κ1) is 23.0. The van der Waals surface area contributed by atoms with E-state index in [9.17, 15) is 4.21 Å². The molecular weight excluding hydrogens is 430 g/mol. The number of nitrogens with zero attached hydrogens (tertiary/aromatic N) is 1. The Balaban J connectivity index is 0.00000126. The van der Waals surface area contributed by atoms with Crippen LogP contribution in [0.3, 0.4) is 0 Å². The standard InChI is InChI=1S/C25H27N3O2S.C2H2/c1-3-31(29)19-6-4-5-18(12-19)20-7-8-22(30-15-17-9-10-26-14-17)24-23(20)21-11-16(2)13-27-25(21)28-24;1-2/h4-8,11-13,17,26H,3,9-10,14-15H2,1-2H3,(H,27,28);1-2H/t17-,31?;/m0./s1. The van der Waals surface area contributed by atoms with E-state index in [0.29, 0.717) is 18.3 Å². The number of nitrogens with one attached hydrogen (secondary N) is 2. The third-order valence-electron chi connectivity index (χ3n) is 6.01. The van der Waals surface area contributed by atoms with E-state index in [1.165, 1.54) is 0 Å². The molecule has 2 N–H and O–H groups in total. The lowest BCUT2D eigenvalue weighted by Crippen LogP contribution is -2.15. The second-order valence-electron chi connectivity index (χ2n) is 8.23. The fourth-order valence-electron chi connectivity index (χ4n) is 4.36. The van der Waals surface area contributed by atoms with Crippen LogP contribution < -0.4 is 10.1 Å². The SMILES string of the molecule is C#C.CCS(=O)c1cccc(-c2ccc(OC[C@H]3CCNC3)c3[nH]c4ncc(C)cc4c23)c1. The van der Waals surface area contributed by atoms with Gasteiger partial charge in [0.1, 0.15) is 11.4 Å². The van der Waals surface area contributed by atoms with Gasteiger partial charge in [-0.2, -0.15) is 0 Å². The van der Waals surface area contributed by atoms with Crippen LogP contribution in [-0.2, 0) is 10.8 Å². The zero-order valence-electron chi connectivity index (χ0n) is 19.1. The van der Waals surface area contributed by atoms with E-state index in [4.69, 9.17) is 4.74 Å². The molecule has 4 aromatic rings. The maximum absolute atomic E-state index is 12.4. The van der Waals surface area contributed by atoms with Crippen molar-refractivity contribution in [3.63, 3.8) is 0 Å². The Labute approximate surface area is 197 Å². The number of ether oxygens (including phenoxy) is 1. The molecule has 33 heavy (non-hydrogen) atoms. The number of pyridine rings is 1. The summed E-state index contributed by atoms with van der Waals surface area (Å²) in [7, 11) is -0.989. The first-order chi connectivity index (χ1) is 16.1. The number of rotatable bonds is 6. The van der Waals surface area contributed by atoms with Gasteiger partial charge in [-0.15, -0.1) is 12.8 Å². The van der Waals surface area contributed by atoms with Crippen LogP contribution in [0.2, 0.25) is 0 Å². The van der Waals surface area contributed by atoms with E-state index >= 15 is 0 Å². The van der Waals surface area contributed by atoms with E-state index in [2.05, 4.69) is 53.3 Å². The Bertz CT molecular complexity index is 1320. The molecule has 2 atom stereocenters. The van der Waals surface area contributed by atoms with Crippen molar-refractivity contribution in [1.29, 1.82) is 0 Å². The van der Waals surface area contributed by atoms with Crippen LogP contribution >= 0.6 is 0 Å². The van der Waals surface area contributed by atoms with Crippen LogP contribution in [0, 0.1) is 25.7 Å². The van der Waals surface area contributed by atoms with Gasteiger partial charge in [0.2, 0.25) is 0 Å². The lowest BCUT2D eigenvalue weighted by atomic mass is 9.99. The Morgan fingerprint density at radius 1 is 1.21 bits per heavy atom. The third kappa shape index (κ3) is 4.66. The number of aryl methyl sites for hydroxylation is 1. The first-order valence-corrected chi connectivity index (χ1v) is 12.5. The molecule has 1 saturated heterocycles. The highest BCUT2D eigenvalue weighted by molar-refractivity contribution is 7.85. The van der Waals surface area contributed by atoms with Crippen molar-refractivity contribution in [2.24, 2.45) is 5.92 Å². The number of fused-ring (bicyclic) bond motifs is 3. The van der Waals surface area contributed by atoms with E-state index in [1.54, 1.807) is 0 Å². The molecule has 5 rings (SSSR count). The molecule has 1 aliphatic heterocycles. The fourth-order valence-corrected chi connectivity index (χ4v) is 5.18. The van der Waals surface area contributed by atoms with Gasteiger partial charge in [-0.1, -0.05) is 19.1 Å². The lowest BCUT2D eigenvalue weighted by Gasteiger charge is -2.14. The quantitative estimate of drug-likeness (QED) is 0.396. The molecule has 3 heterocycles. The van der Waals surface area contributed by atoms with E-state index in [1.807, 2.05) is 37.4 Å². The topological polar surface area (TPSA) is 67.0 Å². The second-order valence-corrected chi connectivity index (χ2v) is 9.97. The number of aromatic amines is 1. The Kier molecular flexibility index (Phi) is 7.12. The van der Waals surface area contributed by atoms with Crippen molar-refractivity contribution < 1.29 is 8.95 Å². The zero-order valence-corrected chi connectivity index (χ0v) is 19.9. The molecule has 0 radical (unpaired) electrons. The van der Waals surface area contributed by atoms with Crippen LogP contribution in [0.5, 0.6) is 5.75 Å². The van der Waals surface area contributed by atoms with Gasteiger partial charge >= 0.3 is 0 Å². The van der Waals surface area contributed by atoms with Crippen molar-refractivity contribution in [3.8, 4) is 29.7 Å². The van der Waals surface area contributed by atoms with Gasteiger partial charge in [-0.25, -0.2) is 4.98 Å².